The lowest BCUT2D eigenvalue weighted by Crippen LogP contribution is -2.15. The molecule has 9 heteroatoms. The van der Waals surface area contributed by atoms with Crippen LogP contribution in [0.15, 0.2) is 41.6 Å². The molecular formula is C10H8N4O4S. The molecular weight excluding hydrogens is 272 g/mol. The number of aromatic nitrogens is 3. The van der Waals surface area contributed by atoms with Gasteiger partial charge in [0.1, 0.15) is 0 Å². The fraction of sp³-hybridized carbons (Fsp3) is 0. The number of nitrogens with one attached hydrogen (secondary N) is 1. The molecule has 1 heterocycles. The standard InChI is InChI=1S/C10H8N4O4S/c15-9(16)7-1-3-8(4-2-7)19(17,18)14-10-11-5-6-12-13-10/h1-6H,(H,15,16)(H,11,13,14). The number of nitrogens with zero attached hydrogens (tertiary/aromatic N) is 3. The number of carboxylic acids is 1. The zero-order chi connectivity index (χ0) is 13.9. The number of aromatic carboxylic acids is 1. The van der Waals surface area contributed by atoms with E-state index in [2.05, 4.69) is 19.9 Å². The number of benzene rings is 1. The van der Waals surface area contributed by atoms with Gasteiger partial charge in [-0.05, 0) is 24.3 Å². The van der Waals surface area contributed by atoms with E-state index in [1.807, 2.05) is 0 Å². The van der Waals surface area contributed by atoms with Gasteiger partial charge in [0.15, 0.2) is 0 Å². The summed E-state index contributed by atoms with van der Waals surface area (Å²) in [6.07, 6.45) is 2.60. The number of carboxylic acid groups (broad SMARTS) is 1. The summed E-state index contributed by atoms with van der Waals surface area (Å²) in [5.41, 5.74) is -0.00317. The van der Waals surface area contributed by atoms with Crippen molar-refractivity contribution in [1.29, 1.82) is 0 Å². The van der Waals surface area contributed by atoms with Crippen molar-refractivity contribution in [1.82, 2.24) is 15.2 Å². The van der Waals surface area contributed by atoms with Gasteiger partial charge in [-0.15, -0.1) is 5.10 Å². The number of hydrogen-bond donors (Lipinski definition) is 2. The third-order valence-electron chi connectivity index (χ3n) is 2.12. The van der Waals surface area contributed by atoms with Crippen molar-refractivity contribution in [3.05, 3.63) is 42.2 Å². The smallest absolute Gasteiger partial charge is 0.335 e. The first-order valence-electron chi connectivity index (χ1n) is 4.99. The maximum Gasteiger partial charge on any atom is 0.335 e. The monoisotopic (exact) mass is 280 g/mol. The highest BCUT2D eigenvalue weighted by atomic mass is 32.2. The Morgan fingerprint density at radius 1 is 1.16 bits per heavy atom. The maximum absolute atomic E-state index is 11.9. The van der Waals surface area contributed by atoms with Gasteiger partial charge >= 0.3 is 5.97 Å². The van der Waals surface area contributed by atoms with Gasteiger partial charge in [0, 0.05) is 0 Å². The Bertz CT molecular complexity index is 685. The summed E-state index contributed by atoms with van der Waals surface area (Å²) in [4.78, 5) is 14.2. The molecule has 0 saturated heterocycles. The van der Waals surface area contributed by atoms with Crippen molar-refractivity contribution in [2.24, 2.45) is 0 Å². The van der Waals surface area contributed by atoms with E-state index in [1.165, 1.54) is 36.7 Å². The molecule has 19 heavy (non-hydrogen) atoms. The van der Waals surface area contributed by atoms with E-state index in [1.54, 1.807) is 0 Å². The van der Waals surface area contributed by atoms with Crippen LogP contribution in [0.1, 0.15) is 10.4 Å². The molecule has 0 amide bonds. The Morgan fingerprint density at radius 3 is 2.37 bits per heavy atom. The molecule has 98 valence electrons. The minimum atomic E-state index is -3.86. The first-order chi connectivity index (χ1) is 8.99. The predicted octanol–water partition coefficient (Wildman–Crippen LogP) is 0.371. The van der Waals surface area contributed by atoms with Crippen LogP contribution >= 0.6 is 0 Å². The first-order valence-corrected chi connectivity index (χ1v) is 6.47. The molecule has 0 aliphatic carbocycles. The van der Waals surface area contributed by atoms with Crippen LogP contribution in [0.2, 0.25) is 0 Å². The Kier molecular flexibility index (Phi) is 3.38. The van der Waals surface area contributed by atoms with E-state index in [9.17, 15) is 13.2 Å². The molecule has 0 unspecified atom stereocenters. The number of sulfonamides is 1. The third-order valence-corrected chi connectivity index (χ3v) is 3.46. The molecule has 0 spiro atoms. The zero-order valence-electron chi connectivity index (χ0n) is 9.39. The van der Waals surface area contributed by atoms with E-state index < -0.39 is 16.0 Å². The average molecular weight is 280 g/mol. The van der Waals surface area contributed by atoms with Crippen LogP contribution < -0.4 is 4.72 Å². The lowest BCUT2D eigenvalue weighted by Gasteiger charge is -2.05. The summed E-state index contributed by atoms with van der Waals surface area (Å²) in [5, 5.41) is 15.7. The minimum Gasteiger partial charge on any atom is -0.478 e. The summed E-state index contributed by atoms with van der Waals surface area (Å²) in [6, 6.07) is 4.76. The fourth-order valence-electron chi connectivity index (χ4n) is 1.25. The van der Waals surface area contributed by atoms with Crippen LogP contribution in [-0.4, -0.2) is 34.7 Å². The Hall–Kier alpha value is -2.55. The molecule has 1 aromatic carbocycles. The summed E-state index contributed by atoms with van der Waals surface area (Å²) < 4.78 is 26.0. The molecule has 0 radical (unpaired) electrons. The second-order valence-electron chi connectivity index (χ2n) is 3.40. The summed E-state index contributed by atoms with van der Waals surface area (Å²) in [6.45, 7) is 0. The number of anilines is 1. The van der Waals surface area contributed by atoms with Crippen molar-refractivity contribution in [2.75, 3.05) is 4.72 Å². The summed E-state index contributed by atoms with van der Waals surface area (Å²) in [7, 11) is -3.86. The summed E-state index contributed by atoms with van der Waals surface area (Å²) >= 11 is 0. The van der Waals surface area contributed by atoms with Crippen molar-refractivity contribution >= 4 is 21.9 Å². The average Bonchev–Trinajstić information content (AvgIpc) is 2.39. The lowest BCUT2D eigenvalue weighted by molar-refractivity contribution is 0.0697. The highest BCUT2D eigenvalue weighted by Crippen LogP contribution is 2.13. The van der Waals surface area contributed by atoms with Gasteiger partial charge in [-0.25, -0.2) is 22.9 Å². The van der Waals surface area contributed by atoms with Gasteiger partial charge < -0.3 is 5.11 Å². The largest absolute Gasteiger partial charge is 0.478 e. The van der Waals surface area contributed by atoms with Gasteiger partial charge in [-0.2, -0.15) is 5.10 Å². The van der Waals surface area contributed by atoms with Crippen molar-refractivity contribution in [3.63, 3.8) is 0 Å². The molecule has 2 rings (SSSR count). The highest BCUT2D eigenvalue weighted by molar-refractivity contribution is 7.92. The number of hydrogen-bond acceptors (Lipinski definition) is 6. The second-order valence-corrected chi connectivity index (χ2v) is 5.08. The fourth-order valence-corrected chi connectivity index (χ4v) is 2.20. The molecule has 0 fully saturated rings. The SMILES string of the molecule is O=C(O)c1ccc(S(=O)(=O)Nc2nccnn2)cc1. The van der Waals surface area contributed by atoms with Gasteiger partial charge in [0.2, 0.25) is 0 Å². The van der Waals surface area contributed by atoms with Crippen LogP contribution in [-0.2, 0) is 10.0 Å². The molecule has 2 N–H and O–H groups in total. The topological polar surface area (TPSA) is 122 Å². The first kappa shape index (κ1) is 12.9. The predicted molar refractivity (Wildman–Crippen MR) is 64.0 cm³/mol. The van der Waals surface area contributed by atoms with Crippen LogP contribution in [0.5, 0.6) is 0 Å². The maximum atomic E-state index is 11.9. The normalized spacial score (nSPS) is 10.9. The van der Waals surface area contributed by atoms with Crippen molar-refractivity contribution in [2.45, 2.75) is 4.90 Å². The minimum absolute atomic E-state index is 0.00317. The highest BCUT2D eigenvalue weighted by Gasteiger charge is 2.16. The number of rotatable bonds is 4. The lowest BCUT2D eigenvalue weighted by atomic mass is 10.2. The van der Waals surface area contributed by atoms with E-state index in [4.69, 9.17) is 5.11 Å². The Morgan fingerprint density at radius 2 is 1.84 bits per heavy atom. The third kappa shape index (κ3) is 3.01. The van der Waals surface area contributed by atoms with Crippen molar-refractivity contribution < 1.29 is 18.3 Å². The molecule has 2 aromatic rings. The van der Waals surface area contributed by atoms with Gasteiger partial charge in [-0.3, -0.25) is 0 Å². The molecule has 1 aromatic heterocycles. The van der Waals surface area contributed by atoms with E-state index in [0.717, 1.165) is 0 Å². The van der Waals surface area contributed by atoms with E-state index in [0.29, 0.717) is 0 Å². The molecule has 0 bridgehead atoms. The second kappa shape index (κ2) is 4.98. The molecule has 0 atom stereocenters. The summed E-state index contributed by atoms with van der Waals surface area (Å²) in [5.74, 6) is -1.29. The van der Waals surface area contributed by atoms with Crippen LogP contribution in [0.25, 0.3) is 0 Å². The van der Waals surface area contributed by atoms with Crippen molar-refractivity contribution in [3.8, 4) is 0 Å². The van der Waals surface area contributed by atoms with Crippen LogP contribution in [0, 0.1) is 0 Å². The number of carbonyl (C=O) groups is 1. The Balaban J connectivity index is 2.27. The van der Waals surface area contributed by atoms with Gasteiger partial charge in [0.05, 0.1) is 22.9 Å². The van der Waals surface area contributed by atoms with Crippen LogP contribution in [0.4, 0.5) is 5.95 Å². The van der Waals surface area contributed by atoms with Gasteiger partial charge in [-0.1, -0.05) is 0 Å². The molecule has 8 nitrogen and oxygen atoms in total. The van der Waals surface area contributed by atoms with E-state index >= 15 is 0 Å². The molecule has 0 aliphatic rings. The zero-order valence-corrected chi connectivity index (χ0v) is 10.2. The quantitative estimate of drug-likeness (QED) is 0.829. The Labute approximate surface area is 108 Å². The van der Waals surface area contributed by atoms with Gasteiger partial charge in [0.25, 0.3) is 16.0 Å². The molecule has 0 saturated carbocycles. The van der Waals surface area contributed by atoms with E-state index in [-0.39, 0.29) is 16.4 Å². The molecule has 0 aliphatic heterocycles. The van der Waals surface area contributed by atoms with Crippen LogP contribution in [0.3, 0.4) is 0 Å².